The van der Waals surface area contributed by atoms with Crippen LogP contribution in [0.2, 0.25) is 0 Å². The van der Waals surface area contributed by atoms with Gasteiger partial charge in [-0.1, -0.05) is 19.3 Å². The molecule has 2 heterocycles. The van der Waals surface area contributed by atoms with Crippen molar-refractivity contribution in [2.45, 2.75) is 37.6 Å². The van der Waals surface area contributed by atoms with Crippen LogP contribution in [0.1, 0.15) is 37.1 Å². The van der Waals surface area contributed by atoms with E-state index in [9.17, 15) is 0 Å². The Morgan fingerprint density at radius 3 is 2.61 bits per heavy atom. The number of nitrogens with zero attached hydrogens (tertiary/aromatic N) is 1. The number of hydrogen-bond donors (Lipinski definition) is 1. The highest BCUT2D eigenvalue weighted by Crippen LogP contribution is 2.38. The highest BCUT2D eigenvalue weighted by molar-refractivity contribution is 9.10. The summed E-state index contributed by atoms with van der Waals surface area (Å²) in [7, 11) is 0. The van der Waals surface area contributed by atoms with Gasteiger partial charge in [0.1, 0.15) is 5.01 Å². The van der Waals surface area contributed by atoms with Gasteiger partial charge in [0.15, 0.2) is 0 Å². The van der Waals surface area contributed by atoms with E-state index in [1.54, 1.807) is 22.7 Å². The van der Waals surface area contributed by atoms with Crippen molar-refractivity contribution in [1.82, 2.24) is 4.98 Å². The van der Waals surface area contributed by atoms with Gasteiger partial charge in [-0.3, -0.25) is 0 Å². The number of hydrogen-bond acceptors (Lipinski definition) is 4. The third kappa shape index (κ3) is 2.41. The molecule has 5 heteroatoms. The average Bonchev–Trinajstić information content (AvgIpc) is 2.98. The summed E-state index contributed by atoms with van der Waals surface area (Å²) in [5.41, 5.74) is 7.42. The molecule has 18 heavy (non-hydrogen) atoms. The van der Waals surface area contributed by atoms with E-state index in [-0.39, 0.29) is 5.54 Å². The van der Waals surface area contributed by atoms with Crippen molar-refractivity contribution >= 4 is 38.6 Å². The molecule has 2 N–H and O–H groups in total. The summed E-state index contributed by atoms with van der Waals surface area (Å²) in [5.74, 6) is 0. The second kappa shape index (κ2) is 5.04. The van der Waals surface area contributed by atoms with Gasteiger partial charge in [-0.05, 0) is 34.8 Å². The monoisotopic (exact) mass is 342 g/mol. The van der Waals surface area contributed by atoms with E-state index >= 15 is 0 Å². The molecule has 96 valence electrons. The first-order valence-electron chi connectivity index (χ1n) is 6.17. The lowest BCUT2D eigenvalue weighted by Gasteiger charge is -2.31. The molecule has 0 amide bonds. The largest absolute Gasteiger partial charge is 0.319 e. The van der Waals surface area contributed by atoms with Gasteiger partial charge >= 0.3 is 0 Å². The van der Waals surface area contributed by atoms with Crippen molar-refractivity contribution in [2.75, 3.05) is 0 Å². The smallest absolute Gasteiger partial charge is 0.113 e. The van der Waals surface area contributed by atoms with Crippen molar-refractivity contribution in [2.24, 2.45) is 5.73 Å². The molecule has 1 fully saturated rings. The maximum Gasteiger partial charge on any atom is 0.113 e. The first kappa shape index (κ1) is 12.8. The van der Waals surface area contributed by atoms with E-state index in [4.69, 9.17) is 10.7 Å². The van der Waals surface area contributed by atoms with Crippen LogP contribution >= 0.6 is 38.6 Å². The first-order chi connectivity index (χ1) is 8.67. The molecule has 0 spiro atoms. The van der Waals surface area contributed by atoms with Crippen molar-refractivity contribution in [1.29, 1.82) is 0 Å². The lowest BCUT2D eigenvalue weighted by atomic mass is 9.83. The molecule has 0 radical (unpaired) electrons. The van der Waals surface area contributed by atoms with E-state index < -0.39 is 0 Å². The molecule has 2 aromatic heterocycles. The Kier molecular flexibility index (Phi) is 3.58. The fraction of sp³-hybridized carbons (Fsp3) is 0.462. The molecule has 0 aromatic carbocycles. The van der Waals surface area contributed by atoms with E-state index in [1.165, 1.54) is 24.1 Å². The van der Waals surface area contributed by atoms with Crippen LogP contribution in [-0.2, 0) is 5.54 Å². The minimum atomic E-state index is -0.171. The molecule has 0 unspecified atom stereocenters. The minimum Gasteiger partial charge on any atom is -0.319 e. The fourth-order valence-corrected chi connectivity index (χ4v) is 4.92. The zero-order chi connectivity index (χ0) is 12.6. The SMILES string of the molecule is NC1(c2nc(-c3cc(Br)cs3)cs2)CCCCC1. The fourth-order valence-electron chi connectivity index (χ4n) is 2.46. The van der Waals surface area contributed by atoms with Crippen LogP contribution in [0.4, 0.5) is 0 Å². The summed E-state index contributed by atoms with van der Waals surface area (Å²) >= 11 is 6.92. The Morgan fingerprint density at radius 1 is 1.17 bits per heavy atom. The highest BCUT2D eigenvalue weighted by Gasteiger charge is 2.32. The summed E-state index contributed by atoms with van der Waals surface area (Å²) in [6, 6.07) is 2.12. The van der Waals surface area contributed by atoms with Crippen molar-refractivity contribution in [3.63, 3.8) is 0 Å². The molecule has 0 atom stereocenters. The predicted molar refractivity (Wildman–Crippen MR) is 82.1 cm³/mol. The Morgan fingerprint density at radius 2 is 1.94 bits per heavy atom. The summed E-state index contributed by atoms with van der Waals surface area (Å²) in [4.78, 5) is 5.98. The standard InChI is InChI=1S/C13H15BrN2S2/c14-9-6-11(17-7-9)10-8-18-12(16-10)13(15)4-2-1-3-5-13/h6-8H,1-5,15H2. The summed E-state index contributed by atoms with van der Waals surface area (Å²) in [6.45, 7) is 0. The van der Waals surface area contributed by atoms with E-state index in [0.717, 1.165) is 28.0 Å². The van der Waals surface area contributed by atoms with E-state index in [0.29, 0.717) is 0 Å². The number of nitrogens with two attached hydrogens (primary N) is 1. The van der Waals surface area contributed by atoms with Gasteiger partial charge in [-0.25, -0.2) is 4.98 Å². The van der Waals surface area contributed by atoms with Crippen LogP contribution in [0.3, 0.4) is 0 Å². The number of thiazole rings is 1. The zero-order valence-corrected chi connectivity index (χ0v) is 13.2. The second-order valence-electron chi connectivity index (χ2n) is 4.88. The van der Waals surface area contributed by atoms with Crippen LogP contribution in [-0.4, -0.2) is 4.98 Å². The van der Waals surface area contributed by atoms with Gasteiger partial charge in [0.05, 0.1) is 16.1 Å². The molecule has 0 saturated heterocycles. The maximum absolute atomic E-state index is 6.52. The number of thiophene rings is 1. The molecule has 2 aromatic rings. The molecule has 1 saturated carbocycles. The van der Waals surface area contributed by atoms with Crippen molar-refractivity contribution < 1.29 is 0 Å². The van der Waals surface area contributed by atoms with Gasteiger partial charge in [0, 0.05) is 15.2 Å². The highest BCUT2D eigenvalue weighted by atomic mass is 79.9. The maximum atomic E-state index is 6.52. The quantitative estimate of drug-likeness (QED) is 0.854. The number of rotatable bonds is 2. The van der Waals surface area contributed by atoms with Crippen LogP contribution in [0.15, 0.2) is 21.3 Å². The molecular weight excluding hydrogens is 328 g/mol. The van der Waals surface area contributed by atoms with Crippen LogP contribution in [0.25, 0.3) is 10.6 Å². The van der Waals surface area contributed by atoms with Crippen LogP contribution in [0, 0.1) is 0 Å². The Balaban J connectivity index is 1.89. The van der Waals surface area contributed by atoms with Gasteiger partial charge < -0.3 is 5.73 Å². The molecular formula is C13H15BrN2S2. The Hall–Kier alpha value is -0.230. The number of aromatic nitrogens is 1. The van der Waals surface area contributed by atoms with Gasteiger partial charge in [-0.15, -0.1) is 22.7 Å². The molecule has 1 aliphatic carbocycles. The van der Waals surface area contributed by atoms with Gasteiger partial charge in [-0.2, -0.15) is 0 Å². The van der Waals surface area contributed by atoms with Crippen LogP contribution in [0.5, 0.6) is 0 Å². The topological polar surface area (TPSA) is 38.9 Å². The molecule has 3 rings (SSSR count). The van der Waals surface area contributed by atoms with Crippen molar-refractivity contribution in [3.8, 4) is 10.6 Å². The molecule has 2 nitrogen and oxygen atoms in total. The zero-order valence-electron chi connectivity index (χ0n) is 9.99. The predicted octanol–water partition coefficient (Wildman–Crippen LogP) is 4.75. The molecule has 1 aliphatic rings. The number of halogens is 1. The lowest BCUT2D eigenvalue weighted by Crippen LogP contribution is -2.38. The third-order valence-corrected chi connectivity index (χ3v) is 6.27. The first-order valence-corrected chi connectivity index (χ1v) is 8.72. The van der Waals surface area contributed by atoms with E-state index in [2.05, 4.69) is 32.8 Å². The van der Waals surface area contributed by atoms with Gasteiger partial charge in [0.25, 0.3) is 0 Å². The summed E-state index contributed by atoms with van der Waals surface area (Å²) in [5, 5.41) is 5.34. The van der Waals surface area contributed by atoms with Crippen LogP contribution < -0.4 is 5.73 Å². The van der Waals surface area contributed by atoms with Gasteiger partial charge in [0.2, 0.25) is 0 Å². The Labute approximate surface area is 123 Å². The second-order valence-corrected chi connectivity index (χ2v) is 7.57. The molecule has 0 bridgehead atoms. The van der Waals surface area contributed by atoms with E-state index in [1.807, 2.05) is 0 Å². The lowest BCUT2D eigenvalue weighted by molar-refractivity contribution is 0.301. The minimum absolute atomic E-state index is 0.171. The summed E-state index contributed by atoms with van der Waals surface area (Å²) < 4.78 is 1.12. The Bertz CT molecular complexity index is 541. The molecule has 0 aliphatic heterocycles. The normalized spacial score (nSPS) is 19.0. The third-order valence-electron chi connectivity index (χ3n) is 3.50. The summed E-state index contributed by atoms with van der Waals surface area (Å²) in [6.07, 6.45) is 5.93. The van der Waals surface area contributed by atoms with Crippen molar-refractivity contribution in [3.05, 3.63) is 26.3 Å². The average molecular weight is 343 g/mol.